The van der Waals surface area contributed by atoms with Crippen molar-refractivity contribution >= 4 is 0 Å². The second-order valence-electron chi connectivity index (χ2n) is 6.49. The van der Waals surface area contributed by atoms with E-state index in [9.17, 15) is 0 Å². The molecule has 1 aliphatic rings. The fourth-order valence-electron chi connectivity index (χ4n) is 3.20. The first-order valence-corrected chi connectivity index (χ1v) is 8.21. The molecule has 2 nitrogen and oxygen atoms in total. The standard InChI is InChI=1S/C18H30N2/c1-4-5-13-20(16-11-12-16)18(14(2)3)17(19)15-9-7-6-8-10-15/h6-10,14,16-18H,4-5,11-13,19H2,1-3H3. The number of hydrogen-bond acceptors (Lipinski definition) is 2. The molecule has 20 heavy (non-hydrogen) atoms. The summed E-state index contributed by atoms with van der Waals surface area (Å²) in [6, 6.07) is 12.0. The summed E-state index contributed by atoms with van der Waals surface area (Å²) in [7, 11) is 0. The zero-order valence-electron chi connectivity index (χ0n) is 13.3. The number of nitrogens with zero attached hydrogens (tertiary/aromatic N) is 1. The maximum atomic E-state index is 6.64. The molecule has 2 N–H and O–H groups in total. The minimum Gasteiger partial charge on any atom is -0.323 e. The molecule has 1 aromatic rings. The van der Waals surface area contributed by atoms with Crippen molar-refractivity contribution in [1.82, 2.24) is 4.90 Å². The first kappa shape index (κ1) is 15.5. The number of rotatable bonds is 8. The molecule has 1 aromatic carbocycles. The van der Waals surface area contributed by atoms with Crippen LogP contribution in [0.2, 0.25) is 0 Å². The van der Waals surface area contributed by atoms with Crippen molar-refractivity contribution in [3.8, 4) is 0 Å². The lowest BCUT2D eigenvalue weighted by atomic mass is 9.90. The van der Waals surface area contributed by atoms with E-state index in [1.165, 1.54) is 37.8 Å². The van der Waals surface area contributed by atoms with Crippen LogP contribution in [0, 0.1) is 5.92 Å². The lowest BCUT2D eigenvalue weighted by Crippen LogP contribution is -2.47. The lowest BCUT2D eigenvalue weighted by Gasteiger charge is -2.39. The van der Waals surface area contributed by atoms with Gasteiger partial charge in [-0.25, -0.2) is 0 Å². The second-order valence-corrected chi connectivity index (χ2v) is 6.49. The van der Waals surface area contributed by atoms with E-state index < -0.39 is 0 Å². The first-order valence-electron chi connectivity index (χ1n) is 8.21. The van der Waals surface area contributed by atoms with E-state index in [1.807, 2.05) is 0 Å². The normalized spacial score (nSPS) is 18.5. The molecule has 1 fully saturated rings. The lowest BCUT2D eigenvalue weighted by molar-refractivity contribution is 0.119. The molecule has 0 heterocycles. The van der Waals surface area contributed by atoms with Crippen LogP contribution in [0.4, 0.5) is 0 Å². The van der Waals surface area contributed by atoms with Crippen molar-refractivity contribution in [3.05, 3.63) is 35.9 Å². The minimum absolute atomic E-state index is 0.119. The van der Waals surface area contributed by atoms with E-state index in [0.29, 0.717) is 12.0 Å². The van der Waals surface area contributed by atoms with Gasteiger partial charge in [0.15, 0.2) is 0 Å². The predicted molar refractivity (Wildman–Crippen MR) is 86.6 cm³/mol. The van der Waals surface area contributed by atoms with Crippen molar-refractivity contribution < 1.29 is 0 Å². The highest BCUT2D eigenvalue weighted by atomic mass is 15.2. The van der Waals surface area contributed by atoms with Crippen LogP contribution >= 0.6 is 0 Å². The fourth-order valence-corrected chi connectivity index (χ4v) is 3.20. The third kappa shape index (κ3) is 3.83. The number of unbranched alkanes of at least 4 members (excludes halogenated alkanes) is 1. The smallest absolute Gasteiger partial charge is 0.0455 e. The first-order chi connectivity index (χ1) is 9.65. The van der Waals surface area contributed by atoms with E-state index in [0.717, 1.165) is 6.04 Å². The summed E-state index contributed by atoms with van der Waals surface area (Å²) in [4.78, 5) is 2.70. The molecule has 2 heteroatoms. The zero-order chi connectivity index (χ0) is 14.5. The summed E-state index contributed by atoms with van der Waals surface area (Å²) in [5.74, 6) is 0.586. The van der Waals surface area contributed by atoms with Gasteiger partial charge in [0, 0.05) is 18.1 Å². The van der Waals surface area contributed by atoms with Gasteiger partial charge in [-0.15, -0.1) is 0 Å². The van der Waals surface area contributed by atoms with Gasteiger partial charge in [-0.3, -0.25) is 4.90 Å². The van der Waals surface area contributed by atoms with Crippen LogP contribution in [-0.4, -0.2) is 23.5 Å². The van der Waals surface area contributed by atoms with Gasteiger partial charge in [-0.1, -0.05) is 57.5 Å². The Morgan fingerprint density at radius 1 is 1.20 bits per heavy atom. The van der Waals surface area contributed by atoms with E-state index in [1.54, 1.807) is 0 Å². The molecule has 1 aliphatic carbocycles. The molecule has 112 valence electrons. The van der Waals surface area contributed by atoms with Crippen LogP contribution in [0.3, 0.4) is 0 Å². The quantitative estimate of drug-likeness (QED) is 0.777. The fraction of sp³-hybridized carbons (Fsp3) is 0.667. The molecule has 1 saturated carbocycles. The van der Waals surface area contributed by atoms with Gasteiger partial charge in [0.2, 0.25) is 0 Å². The van der Waals surface area contributed by atoms with Crippen molar-refractivity contribution in [2.45, 2.75) is 64.6 Å². The molecule has 2 atom stereocenters. The molecule has 0 spiro atoms. The van der Waals surface area contributed by atoms with Gasteiger partial charge in [-0.05, 0) is 37.3 Å². The average Bonchev–Trinajstić information content (AvgIpc) is 3.28. The Labute approximate surface area is 124 Å². The molecule has 2 unspecified atom stereocenters. The average molecular weight is 274 g/mol. The van der Waals surface area contributed by atoms with E-state index >= 15 is 0 Å². The SMILES string of the molecule is CCCCN(C1CC1)C(C(C)C)C(N)c1ccccc1. The van der Waals surface area contributed by atoms with Gasteiger partial charge >= 0.3 is 0 Å². The Hall–Kier alpha value is -0.860. The van der Waals surface area contributed by atoms with E-state index in [-0.39, 0.29) is 6.04 Å². The third-order valence-electron chi connectivity index (χ3n) is 4.40. The molecular weight excluding hydrogens is 244 g/mol. The highest BCUT2D eigenvalue weighted by Crippen LogP contribution is 2.35. The summed E-state index contributed by atoms with van der Waals surface area (Å²) < 4.78 is 0. The maximum Gasteiger partial charge on any atom is 0.0455 e. The second kappa shape index (κ2) is 7.24. The van der Waals surface area contributed by atoms with Crippen molar-refractivity contribution in [1.29, 1.82) is 0 Å². The van der Waals surface area contributed by atoms with Crippen molar-refractivity contribution in [2.75, 3.05) is 6.54 Å². The maximum absolute atomic E-state index is 6.64. The van der Waals surface area contributed by atoms with Crippen LogP contribution in [0.25, 0.3) is 0 Å². The number of hydrogen-bond donors (Lipinski definition) is 1. The summed E-state index contributed by atoms with van der Waals surface area (Å²) >= 11 is 0. The summed E-state index contributed by atoms with van der Waals surface area (Å²) in [6.45, 7) is 8.10. The van der Waals surface area contributed by atoms with Crippen LogP contribution < -0.4 is 5.73 Å². The summed E-state index contributed by atoms with van der Waals surface area (Å²) in [6.07, 6.45) is 5.25. The highest BCUT2D eigenvalue weighted by molar-refractivity contribution is 5.20. The van der Waals surface area contributed by atoms with Gasteiger partial charge in [0.25, 0.3) is 0 Å². The Kier molecular flexibility index (Phi) is 5.62. The largest absolute Gasteiger partial charge is 0.323 e. The minimum atomic E-state index is 0.119. The highest BCUT2D eigenvalue weighted by Gasteiger charge is 2.37. The third-order valence-corrected chi connectivity index (χ3v) is 4.40. The van der Waals surface area contributed by atoms with Gasteiger partial charge in [0.05, 0.1) is 0 Å². The molecule has 0 bridgehead atoms. The zero-order valence-corrected chi connectivity index (χ0v) is 13.3. The van der Waals surface area contributed by atoms with Crippen LogP contribution in [0.1, 0.15) is 58.1 Å². The number of nitrogens with two attached hydrogens (primary N) is 1. The van der Waals surface area contributed by atoms with E-state index in [4.69, 9.17) is 5.73 Å². The topological polar surface area (TPSA) is 29.3 Å². The van der Waals surface area contributed by atoms with E-state index in [2.05, 4.69) is 56.0 Å². The molecule has 0 aromatic heterocycles. The van der Waals surface area contributed by atoms with Crippen molar-refractivity contribution in [2.24, 2.45) is 11.7 Å². The molecule has 0 amide bonds. The van der Waals surface area contributed by atoms with Gasteiger partial charge < -0.3 is 5.73 Å². The molecular formula is C18H30N2. The van der Waals surface area contributed by atoms with Crippen molar-refractivity contribution in [3.63, 3.8) is 0 Å². The Bertz CT molecular complexity index is 384. The van der Waals surface area contributed by atoms with Crippen LogP contribution in [-0.2, 0) is 0 Å². The Morgan fingerprint density at radius 2 is 1.85 bits per heavy atom. The predicted octanol–water partition coefficient (Wildman–Crippen LogP) is 3.98. The summed E-state index contributed by atoms with van der Waals surface area (Å²) in [5, 5.41) is 0. The molecule has 0 saturated heterocycles. The van der Waals surface area contributed by atoms with Gasteiger partial charge in [0.1, 0.15) is 0 Å². The van der Waals surface area contributed by atoms with Crippen LogP contribution in [0.15, 0.2) is 30.3 Å². The summed E-state index contributed by atoms with van der Waals surface area (Å²) in [5.41, 5.74) is 7.91. The molecule has 0 radical (unpaired) electrons. The van der Waals surface area contributed by atoms with Gasteiger partial charge in [-0.2, -0.15) is 0 Å². The van der Waals surface area contributed by atoms with Crippen LogP contribution in [0.5, 0.6) is 0 Å². The molecule has 0 aliphatic heterocycles. The molecule has 2 rings (SSSR count). The monoisotopic (exact) mass is 274 g/mol. The Balaban J connectivity index is 2.15. The Morgan fingerprint density at radius 3 is 2.35 bits per heavy atom. The number of benzene rings is 1.